The molecule has 1 N–H and O–H groups in total. The third-order valence-corrected chi connectivity index (χ3v) is 4.49. The second-order valence-electron chi connectivity index (χ2n) is 6.82. The fourth-order valence-corrected chi connectivity index (χ4v) is 2.97. The molecule has 1 aliphatic heterocycles. The highest BCUT2D eigenvalue weighted by atomic mass is 16.5. The van der Waals surface area contributed by atoms with Gasteiger partial charge in [-0.3, -0.25) is 4.79 Å². The van der Waals surface area contributed by atoms with Gasteiger partial charge < -0.3 is 15.0 Å². The van der Waals surface area contributed by atoms with Gasteiger partial charge in [0.2, 0.25) is 0 Å². The molecule has 0 radical (unpaired) electrons. The number of hydrogen-bond donors (Lipinski definition) is 1. The number of nitrogens with zero attached hydrogens (tertiary/aromatic N) is 3. The number of benzene rings is 1. The normalized spacial score (nSPS) is 16.7. The number of aromatic nitrogens is 2. The molecule has 0 bridgehead atoms. The number of carbonyl (C=O) groups is 1. The molecule has 26 heavy (non-hydrogen) atoms. The molecule has 138 valence electrons. The van der Waals surface area contributed by atoms with E-state index in [-0.39, 0.29) is 18.1 Å². The lowest BCUT2D eigenvalue weighted by molar-refractivity contribution is 0.0683. The Kier molecular flexibility index (Phi) is 6.17. The van der Waals surface area contributed by atoms with Crippen LogP contribution in [0.5, 0.6) is 0 Å². The Hall–Kier alpha value is -2.47. The van der Waals surface area contributed by atoms with Gasteiger partial charge in [0.25, 0.3) is 5.91 Å². The summed E-state index contributed by atoms with van der Waals surface area (Å²) in [6.45, 7) is 6.11. The molecule has 1 saturated heterocycles. The van der Waals surface area contributed by atoms with Gasteiger partial charge in [-0.05, 0) is 32.3 Å². The van der Waals surface area contributed by atoms with Crippen LogP contribution in [0.2, 0.25) is 0 Å². The minimum atomic E-state index is -0.109. The molecular formula is C20H26N4O2. The van der Waals surface area contributed by atoms with Crippen molar-refractivity contribution >= 4 is 11.7 Å². The van der Waals surface area contributed by atoms with Gasteiger partial charge in [0.05, 0.1) is 18.5 Å². The molecule has 1 fully saturated rings. The molecule has 1 amide bonds. The predicted octanol–water partition coefficient (Wildman–Crippen LogP) is 3.12. The Morgan fingerprint density at radius 2 is 2.08 bits per heavy atom. The molecule has 1 atom stereocenters. The summed E-state index contributed by atoms with van der Waals surface area (Å²) in [6.07, 6.45) is 5.57. The maximum absolute atomic E-state index is 12.9. The van der Waals surface area contributed by atoms with Crippen molar-refractivity contribution in [3.63, 3.8) is 0 Å². The van der Waals surface area contributed by atoms with Crippen molar-refractivity contribution in [3.05, 3.63) is 54.0 Å². The van der Waals surface area contributed by atoms with Crippen LogP contribution in [0.15, 0.2) is 42.7 Å². The van der Waals surface area contributed by atoms with Crippen molar-refractivity contribution in [2.45, 2.75) is 45.4 Å². The zero-order valence-electron chi connectivity index (χ0n) is 15.4. The molecule has 1 aromatic carbocycles. The molecule has 1 aliphatic rings. The maximum atomic E-state index is 12.9. The van der Waals surface area contributed by atoms with Crippen molar-refractivity contribution in [2.75, 3.05) is 18.5 Å². The maximum Gasteiger partial charge on any atom is 0.274 e. The Morgan fingerprint density at radius 3 is 2.69 bits per heavy atom. The van der Waals surface area contributed by atoms with Crippen LogP contribution < -0.4 is 5.32 Å². The summed E-state index contributed by atoms with van der Waals surface area (Å²) in [4.78, 5) is 23.3. The van der Waals surface area contributed by atoms with Gasteiger partial charge in [-0.15, -0.1) is 0 Å². The Morgan fingerprint density at radius 1 is 1.27 bits per heavy atom. The zero-order chi connectivity index (χ0) is 18.4. The predicted molar refractivity (Wildman–Crippen MR) is 101 cm³/mol. The molecule has 6 nitrogen and oxygen atoms in total. The van der Waals surface area contributed by atoms with Crippen LogP contribution >= 0.6 is 0 Å². The summed E-state index contributed by atoms with van der Waals surface area (Å²) in [7, 11) is 0. The van der Waals surface area contributed by atoms with Gasteiger partial charge in [0.15, 0.2) is 0 Å². The van der Waals surface area contributed by atoms with Crippen LogP contribution in [-0.4, -0.2) is 46.1 Å². The summed E-state index contributed by atoms with van der Waals surface area (Å²) in [5.74, 6) is 0.554. The van der Waals surface area contributed by atoms with E-state index >= 15 is 0 Å². The van der Waals surface area contributed by atoms with Crippen LogP contribution in [0, 0.1) is 0 Å². The first-order chi connectivity index (χ1) is 12.6. The Balaban J connectivity index is 1.63. The molecule has 6 heteroatoms. The summed E-state index contributed by atoms with van der Waals surface area (Å²) >= 11 is 0. The number of ether oxygens (including phenoxy) is 1. The van der Waals surface area contributed by atoms with Gasteiger partial charge in [-0.1, -0.05) is 30.3 Å². The van der Waals surface area contributed by atoms with Gasteiger partial charge in [0.1, 0.15) is 11.5 Å². The van der Waals surface area contributed by atoms with Crippen molar-refractivity contribution in [1.82, 2.24) is 14.9 Å². The highest BCUT2D eigenvalue weighted by molar-refractivity contribution is 5.92. The number of nitrogens with one attached hydrogen (secondary N) is 1. The van der Waals surface area contributed by atoms with Crippen LogP contribution in [0.25, 0.3) is 0 Å². The van der Waals surface area contributed by atoms with Crippen LogP contribution in [0.1, 0.15) is 42.7 Å². The largest absolute Gasteiger partial charge is 0.376 e. The number of hydrogen-bond acceptors (Lipinski definition) is 5. The third kappa shape index (κ3) is 4.79. The number of anilines is 1. The van der Waals surface area contributed by atoms with E-state index < -0.39 is 0 Å². The van der Waals surface area contributed by atoms with Gasteiger partial charge >= 0.3 is 0 Å². The van der Waals surface area contributed by atoms with Gasteiger partial charge in [0, 0.05) is 25.7 Å². The van der Waals surface area contributed by atoms with Gasteiger partial charge in [-0.25, -0.2) is 9.97 Å². The van der Waals surface area contributed by atoms with E-state index in [1.54, 1.807) is 17.3 Å². The first-order valence-electron chi connectivity index (χ1n) is 9.16. The fraction of sp³-hybridized carbons (Fsp3) is 0.450. The minimum absolute atomic E-state index is 0.0711. The second-order valence-corrected chi connectivity index (χ2v) is 6.82. The molecule has 1 unspecified atom stereocenters. The molecule has 2 heterocycles. The van der Waals surface area contributed by atoms with E-state index in [0.717, 1.165) is 25.0 Å². The summed E-state index contributed by atoms with van der Waals surface area (Å²) in [5.41, 5.74) is 1.45. The highest BCUT2D eigenvalue weighted by Crippen LogP contribution is 2.14. The van der Waals surface area contributed by atoms with E-state index in [0.29, 0.717) is 24.6 Å². The lowest BCUT2D eigenvalue weighted by atomic mass is 10.2. The van der Waals surface area contributed by atoms with Crippen molar-refractivity contribution < 1.29 is 9.53 Å². The first-order valence-corrected chi connectivity index (χ1v) is 9.16. The number of carbonyl (C=O) groups excluding carboxylic acids is 1. The lowest BCUT2D eigenvalue weighted by Gasteiger charge is -2.26. The monoisotopic (exact) mass is 354 g/mol. The first kappa shape index (κ1) is 18.3. The van der Waals surface area contributed by atoms with E-state index in [1.807, 2.05) is 44.2 Å². The lowest BCUT2D eigenvalue weighted by Crippen LogP contribution is -2.37. The van der Waals surface area contributed by atoms with Crippen LogP contribution in [0.4, 0.5) is 5.82 Å². The van der Waals surface area contributed by atoms with Crippen molar-refractivity contribution in [1.29, 1.82) is 0 Å². The van der Waals surface area contributed by atoms with Gasteiger partial charge in [-0.2, -0.15) is 0 Å². The average molecular weight is 354 g/mol. The molecule has 1 aromatic heterocycles. The quantitative estimate of drug-likeness (QED) is 0.827. The molecule has 0 spiro atoms. The van der Waals surface area contributed by atoms with Crippen LogP contribution in [-0.2, 0) is 11.3 Å². The number of amides is 1. The van der Waals surface area contributed by atoms with Crippen LogP contribution in [0.3, 0.4) is 0 Å². The molecule has 3 rings (SSSR count). The molecule has 0 aliphatic carbocycles. The van der Waals surface area contributed by atoms with E-state index in [2.05, 4.69) is 15.3 Å². The molecular weight excluding hydrogens is 328 g/mol. The van der Waals surface area contributed by atoms with E-state index in [9.17, 15) is 4.79 Å². The van der Waals surface area contributed by atoms with Crippen molar-refractivity contribution in [2.24, 2.45) is 0 Å². The highest BCUT2D eigenvalue weighted by Gasteiger charge is 2.21. The van der Waals surface area contributed by atoms with Crippen molar-refractivity contribution in [3.8, 4) is 0 Å². The topological polar surface area (TPSA) is 67.4 Å². The Bertz CT molecular complexity index is 698. The zero-order valence-corrected chi connectivity index (χ0v) is 15.4. The summed E-state index contributed by atoms with van der Waals surface area (Å²) in [5, 5.41) is 3.22. The minimum Gasteiger partial charge on any atom is -0.376 e. The second kappa shape index (κ2) is 8.76. The molecule has 0 saturated carbocycles. The SMILES string of the molecule is CC(C)N(Cc1ccccc1)C(=O)c1cnc(NCC2CCCO2)cn1. The van der Waals surface area contributed by atoms with E-state index in [4.69, 9.17) is 4.74 Å². The average Bonchev–Trinajstić information content (AvgIpc) is 3.18. The summed E-state index contributed by atoms with van der Waals surface area (Å²) in [6, 6.07) is 10.0. The number of rotatable bonds is 7. The Labute approximate surface area is 154 Å². The molecule has 2 aromatic rings. The smallest absolute Gasteiger partial charge is 0.274 e. The summed E-state index contributed by atoms with van der Waals surface area (Å²) < 4.78 is 5.58. The van der Waals surface area contributed by atoms with E-state index in [1.165, 1.54) is 0 Å². The standard InChI is InChI=1S/C20H26N4O2/c1-15(2)24(14-16-7-4-3-5-8-16)20(25)18-12-23-19(13-21-18)22-11-17-9-6-10-26-17/h3-5,7-8,12-13,15,17H,6,9-11,14H2,1-2H3,(H,22,23). The third-order valence-electron chi connectivity index (χ3n) is 4.49. The fourth-order valence-electron chi connectivity index (χ4n) is 2.97.